The van der Waals surface area contributed by atoms with Crippen molar-refractivity contribution in [3.8, 4) is 22.7 Å². The molecule has 34 heavy (non-hydrogen) atoms. The van der Waals surface area contributed by atoms with Gasteiger partial charge in [0.15, 0.2) is 5.65 Å². The maximum Gasteiger partial charge on any atom is 0.228 e. The molecule has 0 saturated carbocycles. The fourth-order valence-corrected chi connectivity index (χ4v) is 4.42. The van der Waals surface area contributed by atoms with E-state index in [-0.39, 0.29) is 5.82 Å². The van der Waals surface area contributed by atoms with Crippen LogP contribution in [0.15, 0.2) is 48.5 Å². The van der Waals surface area contributed by atoms with Crippen LogP contribution in [0.2, 0.25) is 0 Å². The first kappa shape index (κ1) is 22.1. The lowest BCUT2D eigenvalue weighted by atomic mass is 10.1. The van der Waals surface area contributed by atoms with Crippen molar-refractivity contribution in [3.05, 3.63) is 54.3 Å². The molecule has 4 aromatic rings. The molecule has 1 aliphatic heterocycles. The van der Waals surface area contributed by atoms with E-state index in [1.807, 2.05) is 24.3 Å². The van der Waals surface area contributed by atoms with Crippen LogP contribution in [0.1, 0.15) is 13.8 Å². The second-order valence-corrected chi connectivity index (χ2v) is 8.66. The van der Waals surface area contributed by atoms with Gasteiger partial charge in [0.1, 0.15) is 17.4 Å². The highest BCUT2D eigenvalue weighted by Gasteiger charge is 2.25. The number of ether oxygens (including phenoxy) is 1. The smallest absolute Gasteiger partial charge is 0.228 e. The first-order valence-corrected chi connectivity index (χ1v) is 11.4. The molecule has 2 N–H and O–H groups in total. The summed E-state index contributed by atoms with van der Waals surface area (Å²) in [6.07, 6.45) is 0. The van der Waals surface area contributed by atoms with E-state index >= 15 is 0 Å². The maximum atomic E-state index is 13.9. The number of aromatic nitrogens is 4. The van der Waals surface area contributed by atoms with E-state index in [9.17, 15) is 4.39 Å². The number of nitrogens with zero attached hydrogens (tertiary/aromatic N) is 6. The van der Waals surface area contributed by atoms with Gasteiger partial charge in [-0.2, -0.15) is 4.98 Å². The molecule has 0 spiro atoms. The molecule has 0 radical (unpaired) electrons. The lowest BCUT2D eigenvalue weighted by molar-refractivity contribution is 0.208. The van der Waals surface area contributed by atoms with E-state index in [1.165, 1.54) is 16.8 Å². The van der Waals surface area contributed by atoms with E-state index < -0.39 is 0 Å². The summed E-state index contributed by atoms with van der Waals surface area (Å²) >= 11 is 0. The van der Waals surface area contributed by atoms with E-state index in [0.717, 1.165) is 31.7 Å². The number of para-hydroxylation sites is 1. The van der Waals surface area contributed by atoms with Crippen molar-refractivity contribution in [1.82, 2.24) is 24.6 Å². The molecule has 0 unspecified atom stereocenters. The van der Waals surface area contributed by atoms with Gasteiger partial charge in [0.05, 0.1) is 23.9 Å². The first-order chi connectivity index (χ1) is 16.5. The summed E-state index contributed by atoms with van der Waals surface area (Å²) in [4.78, 5) is 14.4. The Balaban J connectivity index is 1.68. The third kappa shape index (κ3) is 3.92. The topological polar surface area (TPSA) is 85.3 Å². The lowest BCUT2D eigenvalue weighted by Gasteiger charge is -2.37. The van der Waals surface area contributed by atoms with Crippen molar-refractivity contribution >= 4 is 22.8 Å². The quantitative estimate of drug-likeness (QED) is 0.485. The number of nitrogen functional groups attached to an aromatic ring is 1. The minimum absolute atomic E-state index is 0.345. The summed E-state index contributed by atoms with van der Waals surface area (Å²) in [5.74, 6) is 1.26. The average molecular weight is 462 g/mol. The zero-order valence-corrected chi connectivity index (χ0v) is 19.6. The van der Waals surface area contributed by atoms with E-state index in [2.05, 4.69) is 28.7 Å². The fraction of sp³-hybridized carbons (Fsp3) is 0.320. The van der Waals surface area contributed by atoms with Crippen molar-refractivity contribution in [2.24, 2.45) is 0 Å². The van der Waals surface area contributed by atoms with Crippen LogP contribution in [-0.4, -0.2) is 64.0 Å². The van der Waals surface area contributed by atoms with Crippen LogP contribution >= 0.6 is 0 Å². The number of benzene rings is 2. The highest BCUT2D eigenvalue weighted by atomic mass is 19.1. The molecule has 2 aromatic carbocycles. The summed E-state index contributed by atoms with van der Waals surface area (Å²) in [5, 5.41) is 5.27. The molecular weight excluding hydrogens is 433 g/mol. The molecule has 1 fully saturated rings. The molecule has 5 rings (SSSR count). The third-order valence-corrected chi connectivity index (χ3v) is 6.30. The summed E-state index contributed by atoms with van der Waals surface area (Å²) in [6.45, 7) is 7.91. The van der Waals surface area contributed by atoms with Gasteiger partial charge in [-0.15, -0.1) is 5.10 Å². The van der Waals surface area contributed by atoms with Crippen LogP contribution in [0.3, 0.4) is 0 Å². The standard InChI is InChI=1S/C25H28FN7O/c1-16(2)31-11-13-32(14-12-31)25-28-22(19-9-4-5-10-20(19)34-3)21-23(27)33(30-24(21)29-25)18-8-6-7-17(26)15-18/h4-10,15-16H,11-14,27H2,1-3H3. The van der Waals surface area contributed by atoms with Crippen LogP contribution in [-0.2, 0) is 0 Å². The maximum absolute atomic E-state index is 13.9. The lowest BCUT2D eigenvalue weighted by Crippen LogP contribution is -2.49. The Morgan fingerprint density at radius 3 is 2.47 bits per heavy atom. The van der Waals surface area contributed by atoms with Gasteiger partial charge >= 0.3 is 0 Å². The van der Waals surface area contributed by atoms with Crippen molar-refractivity contribution in [2.75, 3.05) is 43.9 Å². The summed E-state index contributed by atoms with van der Waals surface area (Å²) in [5.41, 5.74) is 8.99. The monoisotopic (exact) mass is 461 g/mol. The highest BCUT2D eigenvalue weighted by molar-refractivity contribution is 6.00. The number of fused-ring (bicyclic) bond motifs is 1. The van der Waals surface area contributed by atoms with Crippen molar-refractivity contribution in [3.63, 3.8) is 0 Å². The minimum atomic E-state index is -0.365. The largest absolute Gasteiger partial charge is 0.496 e. The number of halogens is 1. The molecule has 1 aliphatic rings. The molecule has 1 saturated heterocycles. The number of anilines is 2. The Kier molecular flexibility index (Phi) is 5.79. The van der Waals surface area contributed by atoms with Crippen molar-refractivity contribution in [2.45, 2.75) is 19.9 Å². The van der Waals surface area contributed by atoms with Crippen LogP contribution in [0, 0.1) is 5.82 Å². The third-order valence-electron chi connectivity index (χ3n) is 6.30. The van der Waals surface area contributed by atoms with Gasteiger partial charge in [0, 0.05) is 37.8 Å². The number of rotatable bonds is 5. The molecule has 0 amide bonds. The normalized spacial score (nSPS) is 14.8. The van der Waals surface area contributed by atoms with E-state index in [0.29, 0.717) is 46.0 Å². The zero-order valence-electron chi connectivity index (χ0n) is 19.6. The molecule has 3 heterocycles. The number of hydrogen-bond donors (Lipinski definition) is 1. The van der Waals surface area contributed by atoms with Gasteiger partial charge in [-0.25, -0.2) is 14.1 Å². The van der Waals surface area contributed by atoms with E-state index in [4.69, 9.17) is 20.4 Å². The molecule has 0 aliphatic carbocycles. The molecule has 0 atom stereocenters. The Labute approximate surface area is 197 Å². The molecule has 2 aromatic heterocycles. The minimum Gasteiger partial charge on any atom is -0.496 e. The molecule has 0 bridgehead atoms. The number of piperazine rings is 1. The Bertz CT molecular complexity index is 1330. The number of hydrogen-bond acceptors (Lipinski definition) is 7. The van der Waals surface area contributed by atoms with Crippen LogP contribution in [0.4, 0.5) is 16.2 Å². The second-order valence-electron chi connectivity index (χ2n) is 8.66. The Morgan fingerprint density at radius 2 is 1.76 bits per heavy atom. The first-order valence-electron chi connectivity index (χ1n) is 11.4. The van der Waals surface area contributed by atoms with Crippen LogP contribution < -0.4 is 15.4 Å². The fourth-order valence-electron chi connectivity index (χ4n) is 4.42. The van der Waals surface area contributed by atoms with Gasteiger partial charge in [-0.3, -0.25) is 4.90 Å². The number of methoxy groups -OCH3 is 1. The summed E-state index contributed by atoms with van der Waals surface area (Å²) < 4.78 is 21.1. The van der Waals surface area contributed by atoms with Gasteiger partial charge in [-0.05, 0) is 44.2 Å². The van der Waals surface area contributed by atoms with Crippen molar-refractivity contribution in [1.29, 1.82) is 0 Å². The van der Waals surface area contributed by atoms with Gasteiger partial charge < -0.3 is 15.4 Å². The van der Waals surface area contributed by atoms with E-state index in [1.54, 1.807) is 19.2 Å². The molecule has 8 nitrogen and oxygen atoms in total. The van der Waals surface area contributed by atoms with Crippen LogP contribution in [0.5, 0.6) is 5.75 Å². The van der Waals surface area contributed by atoms with Gasteiger partial charge in [-0.1, -0.05) is 18.2 Å². The predicted molar refractivity (Wildman–Crippen MR) is 132 cm³/mol. The van der Waals surface area contributed by atoms with Gasteiger partial charge in [0.25, 0.3) is 0 Å². The molecule has 176 valence electrons. The summed E-state index contributed by atoms with van der Waals surface area (Å²) in [6, 6.07) is 14.3. The van der Waals surface area contributed by atoms with Gasteiger partial charge in [0.2, 0.25) is 5.95 Å². The van der Waals surface area contributed by atoms with Crippen LogP contribution in [0.25, 0.3) is 28.0 Å². The van der Waals surface area contributed by atoms with Crippen molar-refractivity contribution < 1.29 is 9.13 Å². The molecular formula is C25H28FN7O. The SMILES string of the molecule is COc1ccccc1-c1nc(N2CCN(C(C)C)CC2)nc2nn(-c3cccc(F)c3)c(N)c12. The number of nitrogens with two attached hydrogens (primary N) is 1. The molecule has 9 heteroatoms. The second kappa shape index (κ2) is 8.90. The highest BCUT2D eigenvalue weighted by Crippen LogP contribution is 2.37. The average Bonchev–Trinajstić information content (AvgIpc) is 3.20. The Hall–Kier alpha value is -3.72. The summed E-state index contributed by atoms with van der Waals surface area (Å²) in [7, 11) is 1.63. The Morgan fingerprint density at radius 1 is 1.00 bits per heavy atom. The predicted octanol–water partition coefficient (Wildman–Crippen LogP) is 3.74. The zero-order chi connectivity index (χ0) is 23.8.